The number of rotatable bonds is 5. The monoisotopic (exact) mass is 474 g/mol. The summed E-state index contributed by atoms with van der Waals surface area (Å²) in [5.41, 5.74) is 0.908. The van der Waals surface area contributed by atoms with Crippen LogP contribution in [-0.2, 0) is 0 Å². The number of ether oxygens (including phenoxy) is 1. The first-order valence-corrected chi connectivity index (χ1v) is 10.8. The SMILES string of the molecule is O=C(O)N1CCCC(c2csc(Nc3ncc(Br)cc3Oc3ccccc3)n2)C1. The average Bonchev–Trinajstić information content (AvgIpc) is 3.19. The number of likely N-dealkylation sites (tertiary alicyclic amines) is 1. The van der Waals surface area contributed by atoms with Crippen molar-refractivity contribution in [1.29, 1.82) is 0 Å². The number of amides is 1. The van der Waals surface area contributed by atoms with Gasteiger partial charge in [-0.3, -0.25) is 0 Å². The number of thiazole rings is 1. The van der Waals surface area contributed by atoms with Gasteiger partial charge in [-0.2, -0.15) is 0 Å². The maximum atomic E-state index is 11.3. The molecule has 7 nitrogen and oxygen atoms in total. The number of carbonyl (C=O) groups is 1. The second kappa shape index (κ2) is 8.79. The summed E-state index contributed by atoms with van der Waals surface area (Å²) in [6.45, 7) is 1.07. The lowest BCUT2D eigenvalue weighted by atomic mass is 9.96. The fraction of sp³-hybridized carbons (Fsp3) is 0.250. The van der Waals surface area contributed by atoms with E-state index < -0.39 is 6.09 Å². The zero-order valence-electron chi connectivity index (χ0n) is 15.4. The van der Waals surface area contributed by atoms with Crippen LogP contribution in [0.4, 0.5) is 15.7 Å². The molecule has 1 atom stereocenters. The largest absolute Gasteiger partial charge is 0.465 e. The Kier molecular flexibility index (Phi) is 5.96. The molecule has 2 aromatic heterocycles. The number of carboxylic acid groups (broad SMARTS) is 1. The highest BCUT2D eigenvalue weighted by Gasteiger charge is 2.26. The number of anilines is 2. The number of nitrogens with zero attached hydrogens (tertiary/aromatic N) is 3. The lowest BCUT2D eigenvalue weighted by Gasteiger charge is -2.29. The maximum Gasteiger partial charge on any atom is 0.407 e. The second-order valence-corrected chi connectivity index (χ2v) is 8.46. The Labute approximate surface area is 180 Å². The van der Waals surface area contributed by atoms with E-state index in [1.54, 1.807) is 6.20 Å². The highest BCUT2D eigenvalue weighted by atomic mass is 79.9. The van der Waals surface area contributed by atoms with Crippen LogP contribution in [0.5, 0.6) is 11.5 Å². The third-order valence-electron chi connectivity index (χ3n) is 4.65. The summed E-state index contributed by atoms with van der Waals surface area (Å²) in [6, 6.07) is 11.4. The number of halogens is 1. The Morgan fingerprint density at radius 1 is 1.34 bits per heavy atom. The smallest absolute Gasteiger partial charge is 0.407 e. The zero-order valence-corrected chi connectivity index (χ0v) is 17.8. The van der Waals surface area contributed by atoms with Gasteiger partial charge in [-0.05, 0) is 40.9 Å². The normalized spacial score (nSPS) is 16.4. The molecule has 9 heteroatoms. The van der Waals surface area contributed by atoms with Gasteiger partial charge in [0, 0.05) is 41.1 Å². The van der Waals surface area contributed by atoms with Crippen molar-refractivity contribution in [3.8, 4) is 11.5 Å². The van der Waals surface area contributed by atoms with Gasteiger partial charge in [0.2, 0.25) is 0 Å². The Bertz CT molecular complexity index is 998. The number of hydrogen-bond acceptors (Lipinski definition) is 6. The highest BCUT2D eigenvalue weighted by molar-refractivity contribution is 9.10. The Morgan fingerprint density at radius 2 is 2.17 bits per heavy atom. The van der Waals surface area contributed by atoms with Crippen LogP contribution < -0.4 is 10.1 Å². The molecular weight excluding hydrogens is 456 g/mol. The van der Waals surface area contributed by atoms with Crippen molar-refractivity contribution < 1.29 is 14.6 Å². The van der Waals surface area contributed by atoms with E-state index in [-0.39, 0.29) is 5.92 Å². The van der Waals surface area contributed by atoms with E-state index in [0.717, 1.165) is 23.0 Å². The lowest BCUT2D eigenvalue weighted by molar-refractivity contribution is 0.130. The van der Waals surface area contributed by atoms with Crippen LogP contribution in [0.15, 0.2) is 52.4 Å². The highest BCUT2D eigenvalue weighted by Crippen LogP contribution is 2.35. The summed E-state index contributed by atoms with van der Waals surface area (Å²) in [6.07, 6.45) is 2.61. The van der Waals surface area contributed by atoms with E-state index in [9.17, 15) is 9.90 Å². The van der Waals surface area contributed by atoms with Gasteiger partial charge < -0.3 is 20.1 Å². The second-order valence-electron chi connectivity index (χ2n) is 6.69. The molecule has 1 fully saturated rings. The first-order valence-electron chi connectivity index (χ1n) is 9.17. The van der Waals surface area contributed by atoms with Crippen molar-refractivity contribution in [2.24, 2.45) is 0 Å². The van der Waals surface area contributed by atoms with Crippen molar-refractivity contribution in [2.45, 2.75) is 18.8 Å². The average molecular weight is 475 g/mol. The molecule has 1 aromatic carbocycles. The van der Waals surface area contributed by atoms with Crippen LogP contribution in [-0.4, -0.2) is 39.2 Å². The molecule has 0 saturated carbocycles. The zero-order chi connectivity index (χ0) is 20.2. The van der Waals surface area contributed by atoms with Gasteiger partial charge in [0.25, 0.3) is 0 Å². The van der Waals surface area contributed by atoms with Gasteiger partial charge in [0.1, 0.15) is 5.75 Å². The Balaban J connectivity index is 1.51. The van der Waals surface area contributed by atoms with Crippen LogP contribution in [0, 0.1) is 0 Å². The number of para-hydroxylation sites is 1. The van der Waals surface area contributed by atoms with Crippen molar-refractivity contribution in [3.63, 3.8) is 0 Å². The van der Waals surface area contributed by atoms with Crippen LogP contribution in [0.1, 0.15) is 24.5 Å². The third-order valence-corrected chi connectivity index (χ3v) is 5.86. The van der Waals surface area contributed by atoms with Gasteiger partial charge in [-0.1, -0.05) is 18.2 Å². The van der Waals surface area contributed by atoms with E-state index >= 15 is 0 Å². The number of nitrogens with one attached hydrogen (secondary N) is 1. The summed E-state index contributed by atoms with van der Waals surface area (Å²) >= 11 is 4.90. The molecule has 4 rings (SSSR count). The van der Waals surface area contributed by atoms with Crippen LogP contribution in [0.3, 0.4) is 0 Å². The summed E-state index contributed by atoms with van der Waals surface area (Å²) in [7, 11) is 0. The number of piperidine rings is 1. The molecule has 3 aromatic rings. The van der Waals surface area contributed by atoms with E-state index in [0.29, 0.717) is 35.5 Å². The summed E-state index contributed by atoms with van der Waals surface area (Å²) in [5.74, 6) is 1.97. The minimum absolute atomic E-state index is 0.115. The fourth-order valence-corrected chi connectivity index (χ4v) is 4.33. The summed E-state index contributed by atoms with van der Waals surface area (Å²) in [5, 5.41) is 15.2. The van der Waals surface area contributed by atoms with Crippen molar-refractivity contribution >= 4 is 44.3 Å². The molecule has 0 radical (unpaired) electrons. The molecule has 29 heavy (non-hydrogen) atoms. The minimum Gasteiger partial charge on any atom is -0.465 e. The predicted octanol–water partition coefficient (Wildman–Crippen LogP) is 5.69. The molecule has 150 valence electrons. The first kappa shape index (κ1) is 19.7. The van der Waals surface area contributed by atoms with Gasteiger partial charge in [-0.25, -0.2) is 14.8 Å². The number of pyridine rings is 1. The molecule has 0 aliphatic carbocycles. The summed E-state index contributed by atoms with van der Waals surface area (Å²) < 4.78 is 6.79. The topological polar surface area (TPSA) is 87.6 Å². The molecule has 3 heterocycles. The van der Waals surface area contributed by atoms with E-state index in [1.807, 2.05) is 41.8 Å². The van der Waals surface area contributed by atoms with Crippen molar-refractivity contribution in [1.82, 2.24) is 14.9 Å². The van der Waals surface area contributed by atoms with Crippen LogP contribution in [0.25, 0.3) is 0 Å². The van der Waals surface area contributed by atoms with Crippen molar-refractivity contribution in [3.05, 3.63) is 58.1 Å². The first-order chi connectivity index (χ1) is 14.1. The molecule has 1 aliphatic heterocycles. The van der Waals surface area contributed by atoms with Crippen LogP contribution in [0.2, 0.25) is 0 Å². The quantitative estimate of drug-likeness (QED) is 0.493. The number of hydrogen-bond donors (Lipinski definition) is 2. The third kappa shape index (κ3) is 4.86. The predicted molar refractivity (Wildman–Crippen MR) is 115 cm³/mol. The van der Waals surface area contributed by atoms with Gasteiger partial charge >= 0.3 is 6.09 Å². The molecular formula is C20H19BrN4O3S. The van der Waals surface area contributed by atoms with E-state index in [1.165, 1.54) is 16.2 Å². The van der Waals surface area contributed by atoms with Gasteiger partial charge in [0.05, 0.1) is 5.69 Å². The summed E-state index contributed by atoms with van der Waals surface area (Å²) in [4.78, 5) is 21.8. The van der Waals surface area contributed by atoms with E-state index in [2.05, 4.69) is 31.2 Å². The number of aromatic nitrogens is 2. The maximum absolute atomic E-state index is 11.3. The molecule has 1 aliphatic rings. The van der Waals surface area contributed by atoms with Gasteiger partial charge in [0.15, 0.2) is 16.7 Å². The molecule has 0 spiro atoms. The minimum atomic E-state index is -0.870. The molecule has 1 amide bonds. The Morgan fingerprint density at radius 3 is 2.97 bits per heavy atom. The van der Waals surface area contributed by atoms with Crippen molar-refractivity contribution in [2.75, 3.05) is 18.4 Å². The standard InChI is InChI=1S/C20H19BrN4O3S/c21-14-9-17(28-15-6-2-1-3-7-15)18(22-10-14)24-19-23-16(12-29-19)13-5-4-8-25(11-13)20(26)27/h1-3,6-7,9-10,12-13H,4-5,8,11H2,(H,26,27)(H,22,23,24). The lowest BCUT2D eigenvalue weighted by Crippen LogP contribution is -2.38. The van der Waals surface area contributed by atoms with E-state index in [4.69, 9.17) is 4.74 Å². The molecule has 2 N–H and O–H groups in total. The fourth-order valence-electron chi connectivity index (χ4n) is 3.23. The van der Waals surface area contributed by atoms with Crippen LogP contribution >= 0.6 is 27.3 Å². The van der Waals surface area contributed by atoms with Gasteiger partial charge in [-0.15, -0.1) is 11.3 Å². The molecule has 1 unspecified atom stereocenters. The number of benzene rings is 1. The molecule has 0 bridgehead atoms. The molecule has 1 saturated heterocycles. The Hall–Kier alpha value is -2.65.